The number of carbonyl (C=O) groups excluding carboxylic acids is 2. The lowest BCUT2D eigenvalue weighted by atomic mass is 9.96. The van der Waals surface area contributed by atoms with Crippen LogP contribution in [0, 0.1) is 5.92 Å². The van der Waals surface area contributed by atoms with Crippen molar-refractivity contribution in [2.75, 3.05) is 26.2 Å². The number of ether oxygens (including phenoxy) is 1. The van der Waals surface area contributed by atoms with E-state index in [4.69, 9.17) is 10.5 Å². The van der Waals surface area contributed by atoms with Gasteiger partial charge in [-0.05, 0) is 31.2 Å². The summed E-state index contributed by atoms with van der Waals surface area (Å²) in [7, 11) is 0. The Bertz CT molecular complexity index is 536. The van der Waals surface area contributed by atoms with E-state index in [0.717, 1.165) is 25.9 Å². The Balaban J connectivity index is 1.72. The van der Waals surface area contributed by atoms with Crippen molar-refractivity contribution in [3.05, 3.63) is 29.8 Å². The van der Waals surface area contributed by atoms with E-state index in [2.05, 4.69) is 0 Å². The van der Waals surface area contributed by atoms with Crippen molar-refractivity contribution in [2.45, 2.75) is 25.9 Å². The highest BCUT2D eigenvalue weighted by molar-refractivity contribution is 5.94. The normalized spacial score (nSPS) is 22.3. The van der Waals surface area contributed by atoms with Crippen LogP contribution in [-0.2, 0) is 4.79 Å². The van der Waals surface area contributed by atoms with Gasteiger partial charge in [0, 0.05) is 24.3 Å². The number of likely N-dealkylation sites (tertiary alicyclic amines) is 1. The third-order valence-corrected chi connectivity index (χ3v) is 4.32. The van der Waals surface area contributed by atoms with E-state index >= 15 is 0 Å². The lowest BCUT2D eigenvalue weighted by Gasteiger charge is -2.29. The van der Waals surface area contributed by atoms with Crippen LogP contribution in [-0.4, -0.2) is 49.1 Å². The van der Waals surface area contributed by atoms with Crippen LogP contribution >= 0.6 is 0 Å². The summed E-state index contributed by atoms with van der Waals surface area (Å²) in [4.78, 5) is 23.6. The molecule has 1 aromatic rings. The van der Waals surface area contributed by atoms with E-state index < -0.39 is 6.10 Å². The zero-order valence-corrected chi connectivity index (χ0v) is 13.5. The van der Waals surface area contributed by atoms with Crippen LogP contribution in [0.25, 0.3) is 0 Å². The molecule has 0 bridgehead atoms. The molecule has 1 aromatic carbocycles. The van der Waals surface area contributed by atoms with Crippen LogP contribution in [0.3, 0.4) is 0 Å². The van der Waals surface area contributed by atoms with E-state index in [9.17, 15) is 14.7 Å². The number of primary amides is 1. The van der Waals surface area contributed by atoms with E-state index in [-0.39, 0.29) is 24.2 Å². The molecule has 1 aliphatic rings. The first kappa shape index (κ1) is 17.4. The zero-order valence-electron chi connectivity index (χ0n) is 13.5. The molecule has 0 radical (unpaired) electrons. The molecule has 126 valence electrons. The SMILES string of the molecule is CC(=O)c1ccc(OC[C@H](O)C[NH+]2CCC(C(N)=O)CC2)cc1. The summed E-state index contributed by atoms with van der Waals surface area (Å²) in [6, 6.07) is 6.89. The topological polar surface area (TPSA) is 94.1 Å². The summed E-state index contributed by atoms with van der Waals surface area (Å²) in [5.74, 6) is 0.407. The molecule has 2 rings (SSSR count). The molecule has 1 fully saturated rings. The van der Waals surface area contributed by atoms with Gasteiger partial charge in [-0.3, -0.25) is 9.59 Å². The number of aliphatic hydroxyl groups excluding tert-OH is 1. The second-order valence-corrected chi connectivity index (χ2v) is 6.18. The molecule has 0 saturated carbocycles. The van der Waals surface area contributed by atoms with Crippen molar-refractivity contribution in [2.24, 2.45) is 11.7 Å². The number of piperidine rings is 1. The van der Waals surface area contributed by atoms with Gasteiger partial charge in [0.05, 0.1) is 13.1 Å². The van der Waals surface area contributed by atoms with Crippen molar-refractivity contribution in [1.29, 1.82) is 0 Å². The maximum atomic E-state index is 11.2. The monoisotopic (exact) mass is 321 g/mol. The quantitative estimate of drug-likeness (QED) is 0.585. The Kier molecular flexibility index (Phi) is 6.12. The molecule has 0 aromatic heterocycles. The van der Waals surface area contributed by atoms with E-state index in [1.807, 2.05) is 0 Å². The van der Waals surface area contributed by atoms with Crippen molar-refractivity contribution < 1.29 is 24.3 Å². The molecule has 6 nitrogen and oxygen atoms in total. The number of hydrogen-bond acceptors (Lipinski definition) is 4. The third kappa shape index (κ3) is 5.33. The van der Waals surface area contributed by atoms with Crippen LogP contribution in [0.5, 0.6) is 5.75 Å². The number of benzene rings is 1. The Hall–Kier alpha value is -1.92. The number of aliphatic hydroxyl groups is 1. The number of amides is 1. The zero-order chi connectivity index (χ0) is 16.8. The second-order valence-electron chi connectivity index (χ2n) is 6.18. The first-order chi connectivity index (χ1) is 11.0. The van der Waals surface area contributed by atoms with Crippen LogP contribution in [0.4, 0.5) is 0 Å². The summed E-state index contributed by atoms with van der Waals surface area (Å²) >= 11 is 0. The molecule has 0 aliphatic carbocycles. The average Bonchev–Trinajstić information content (AvgIpc) is 2.54. The van der Waals surface area contributed by atoms with Gasteiger partial charge in [0.25, 0.3) is 0 Å². The molecule has 0 unspecified atom stereocenters. The highest BCUT2D eigenvalue weighted by Gasteiger charge is 2.27. The van der Waals surface area contributed by atoms with E-state index in [1.54, 1.807) is 24.3 Å². The molecule has 6 heteroatoms. The predicted octanol–water partition coefficient (Wildman–Crippen LogP) is -0.591. The highest BCUT2D eigenvalue weighted by Crippen LogP contribution is 2.13. The molecule has 1 atom stereocenters. The van der Waals surface area contributed by atoms with Gasteiger partial charge in [-0.15, -0.1) is 0 Å². The van der Waals surface area contributed by atoms with Gasteiger partial charge < -0.3 is 20.5 Å². The first-order valence-corrected chi connectivity index (χ1v) is 8.00. The van der Waals surface area contributed by atoms with Crippen LogP contribution < -0.4 is 15.4 Å². The molecule has 4 N–H and O–H groups in total. The number of ketones is 1. The highest BCUT2D eigenvalue weighted by atomic mass is 16.5. The maximum absolute atomic E-state index is 11.2. The Morgan fingerprint density at radius 2 is 1.91 bits per heavy atom. The predicted molar refractivity (Wildman–Crippen MR) is 85.4 cm³/mol. The minimum atomic E-state index is -0.567. The van der Waals surface area contributed by atoms with Crippen LogP contribution in [0.1, 0.15) is 30.1 Å². The van der Waals surface area contributed by atoms with Gasteiger partial charge in [0.2, 0.25) is 5.91 Å². The van der Waals surface area contributed by atoms with Gasteiger partial charge in [-0.25, -0.2) is 0 Å². The number of nitrogens with two attached hydrogens (primary N) is 1. The number of carbonyl (C=O) groups is 2. The Labute approximate surface area is 136 Å². The van der Waals surface area contributed by atoms with Crippen LogP contribution in [0.2, 0.25) is 0 Å². The van der Waals surface area contributed by atoms with Gasteiger partial charge in [0.1, 0.15) is 25.0 Å². The first-order valence-electron chi connectivity index (χ1n) is 8.00. The summed E-state index contributed by atoms with van der Waals surface area (Å²) in [6.45, 7) is 4.01. The second kappa shape index (κ2) is 8.08. The van der Waals surface area contributed by atoms with E-state index in [0.29, 0.717) is 17.9 Å². The molecule has 1 aliphatic heterocycles. The van der Waals surface area contributed by atoms with Crippen molar-refractivity contribution in [1.82, 2.24) is 0 Å². The maximum Gasteiger partial charge on any atom is 0.220 e. The fourth-order valence-corrected chi connectivity index (χ4v) is 2.89. The molecule has 1 heterocycles. The minimum Gasteiger partial charge on any atom is -0.491 e. The number of Topliss-reactive ketones (excluding diaryl/α,β-unsaturated/α-hetero) is 1. The number of quaternary nitrogens is 1. The van der Waals surface area contributed by atoms with E-state index in [1.165, 1.54) is 11.8 Å². The fourth-order valence-electron chi connectivity index (χ4n) is 2.89. The van der Waals surface area contributed by atoms with Crippen LogP contribution in [0.15, 0.2) is 24.3 Å². The summed E-state index contributed by atoms with van der Waals surface area (Å²) in [5.41, 5.74) is 5.96. The number of rotatable bonds is 7. The summed E-state index contributed by atoms with van der Waals surface area (Å²) in [5, 5.41) is 10.1. The van der Waals surface area contributed by atoms with Crippen molar-refractivity contribution >= 4 is 11.7 Å². The summed E-state index contributed by atoms with van der Waals surface area (Å²) < 4.78 is 5.55. The number of nitrogens with one attached hydrogen (secondary N) is 1. The third-order valence-electron chi connectivity index (χ3n) is 4.32. The smallest absolute Gasteiger partial charge is 0.220 e. The molecular formula is C17H25N2O4+. The largest absolute Gasteiger partial charge is 0.491 e. The van der Waals surface area contributed by atoms with Crippen molar-refractivity contribution in [3.8, 4) is 5.75 Å². The molecule has 23 heavy (non-hydrogen) atoms. The van der Waals surface area contributed by atoms with Crippen molar-refractivity contribution in [3.63, 3.8) is 0 Å². The minimum absolute atomic E-state index is 0.0135. The molecular weight excluding hydrogens is 296 g/mol. The standard InChI is InChI=1S/C17H24N2O4/c1-12(20)13-2-4-16(5-3-13)23-11-15(21)10-19-8-6-14(7-9-19)17(18)22/h2-5,14-15,21H,6-11H2,1H3,(H2,18,22)/p+1/t15-/m1/s1. The Morgan fingerprint density at radius 1 is 1.30 bits per heavy atom. The lowest BCUT2D eigenvalue weighted by Crippen LogP contribution is -3.14. The lowest BCUT2D eigenvalue weighted by molar-refractivity contribution is -0.908. The molecule has 1 saturated heterocycles. The van der Waals surface area contributed by atoms with Gasteiger partial charge in [-0.1, -0.05) is 0 Å². The Morgan fingerprint density at radius 3 is 2.43 bits per heavy atom. The van der Waals surface area contributed by atoms with Gasteiger partial charge >= 0.3 is 0 Å². The molecule has 1 amide bonds. The summed E-state index contributed by atoms with van der Waals surface area (Å²) in [6.07, 6.45) is 0.998. The number of hydrogen-bond donors (Lipinski definition) is 3. The van der Waals surface area contributed by atoms with Gasteiger partial charge in [-0.2, -0.15) is 0 Å². The fraction of sp³-hybridized carbons (Fsp3) is 0.529. The molecule has 0 spiro atoms. The average molecular weight is 321 g/mol. The van der Waals surface area contributed by atoms with Gasteiger partial charge in [0.15, 0.2) is 5.78 Å².